The van der Waals surface area contributed by atoms with Crippen molar-refractivity contribution in [2.45, 2.75) is 19.7 Å². The quantitative estimate of drug-likeness (QED) is 0.808. The third-order valence-corrected chi connectivity index (χ3v) is 3.68. The van der Waals surface area contributed by atoms with Gasteiger partial charge in [-0.05, 0) is 27.1 Å². The van der Waals surface area contributed by atoms with Crippen LogP contribution in [-0.4, -0.2) is 14.9 Å². The molecular formula is C15H14BrN3O2. The molecule has 0 amide bonds. The van der Waals surface area contributed by atoms with Gasteiger partial charge in [-0.1, -0.05) is 30.2 Å². The molecule has 0 saturated heterocycles. The van der Waals surface area contributed by atoms with Crippen molar-refractivity contribution in [3.63, 3.8) is 0 Å². The number of hydrogen-bond acceptors (Lipinski definition) is 4. The minimum atomic E-state index is -0.270. The van der Waals surface area contributed by atoms with E-state index in [1.165, 1.54) is 4.68 Å². The van der Waals surface area contributed by atoms with E-state index in [-0.39, 0.29) is 18.7 Å². The number of nitrogens with zero attached hydrogens (tertiary/aromatic N) is 2. The van der Waals surface area contributed by atoms with Gasteiger partial charge in [0, 0.05) is 6.54 Å². The van der Waals surface area contributed by atoms with Crippen molar-refractivity contribution in [2.75, 3.05) is 5.32 Å². The second-order valence-corrected chi connectivity index (χ2v) is 5.16. The number of aliphatic hydroxyl groups excluding tert-OH is 1. The average Bonchev–Trinajstić information content (AvgIpc) is 2.52. The van der Waals surface area contributed by atoms with Gasteiger partial charge >= 0.3 is 0 Å². The second-order valence-electron chi connectivity index (χ2n) is 4.37. The number of rotatable bonds is 5. The van der Waals surface area contributed by atoms with Crippen LogP contribution in [0.25, 0.3) is 0 Å². The number of hydrogen-bond donors (Lipinski definition) is 2. The Morgan fingerprint density at radius 2 is 2.00 bits per heavy atom. The number of aromatic nitrogens is 2. The van der Waals surface area contributed by atoms with E-state index in [1.54, 1.807) is 6.20 Å². The predicted molar refractivity (Wildman–Crippen MR) is 84.7 cm³/mol. The highest BCUT2D eigenvalue weighted by Crippen LogP contribution is 2.17. The van der Waals surface area contributed by atoms with Crippen molar-refractivity contribution >= 4 is 21.6 Å². The van der Waals surface area contributed by atoms with E-state index in [0.717, 1.165) is 11.1 Å². The van der Waals surface area contributed by atoms with Crippen LogP contribution in [-0.2, 0) is 19.7 Å². The van der Waals surface area contributed by atoms with Gasteiger partial charge in [0.25, 0.3) is 5.56 Å². The lowest BCUT2D eigenvalue weighted by atomic mass is 10.1. The van der Waals surface area contributed by atoms with E-state index in [1.807, 2.05) is 24.3 Å². The van der Waals surface area contributed by atoms with Crippen LogP contribution >= 0.6 is 15.9 Å². The van der Waals surface area contributed by atoms with Crippen LogP contribution < -0.4 is 10.9 Å². The third-order valence-electron chi connectivity index (χ3n) is 2.91. The molecule has 0 unspecified atom stereocenters. The monoisotopic (exact) mass is 347 g/mol. The summed E-state index contributed by atoms with van der Waals surface area (Å²) in [6.07, 6.45) is 6.74. The summed E-state index contributed by atoms with van der Waals surface area (Å²) in [4.78, 5) is 12.0. The second kappa shape index (κ2) is 7.07. The van der Waals surface area contributed by atoms with Crippen molar-refractivity contribution in [3.05, 3.63) is 56.4 Å². The van der Waals surface area contributed by atoms with Gasteiger partial charge in [-0.2, -0.15) is 5.10 Å². The maximum absolute atomic E-state index is 12.0. The van der Waals surface area contributed by atoms with E-state index in [9.17, 15) is 4.79 Å². The third kappa shape index (κ3) is 3.72. The predicted octanol–water partition coefficient (Wildman–Crippen LogP) is 1.74. The topological polar surface area (TPSA) is 67.2 Å². The largest absolute Gasteiger partial charge is 0.392 e. The lowest BCUT2D eigenvalue weighted by molar-refractivity contribution is 0.282. The lowest BCUT2D eigenvalue weighted by Crippen LogP contribution is -2.24. The maximum atomic E-state index is 12.0. The Hall–Kier alpha value is -2.10. The van der Waals surface area contributed by atoms with Gasteiger partial charge in [0.1, 0.15) is 11.0 Å². The average molecular weight is 348 g/mol. The summed E-state index contributed by atoms with van der Waals surface area (Å²) in [5.74, 6) is 2.38. The molecule has 0 aliphatic carbocycles. The Morgan fingerprint density at radius 1 is 1.33 bits per heavy atom. The molecule has 1 aromatic carbocycles. The molecule has 1 heterocycles. The van der Waals surface area contributed by atoms with E-state index in [2.05, 4.69) is 32.3 Å². The zero-order chi connectivity index (χ0) is 15.2. The van der Waals surface area contributed by atoms with Crippen LogP contribution in [0.2, 0.25) is 0 Å². The summed E-state index contributed by atoms with van der Waals surface area (Å²) in [5.41, 5.74) is 2.23. The van der Waals surface area contributed by atoms with Crippen LogP contribution in [0, 0.1) is 12.3 Å². The molecule has 0 fully saturated rings. The van der Waals surface area contributed by atoms with Crippen molar-refractivity contribution in [3.8, 4) is 12.3 Å². The molecule has 2 aromatic rings. The first-order valence-corrected chi connectivity index (χ1v) is 7.06. The van der Waals surface area contributed by atoms with Gasteiger partial charge in [0.2, 0.25) is 0 Å². The van der Waals surface area contributed by atoms with Crippen LogP contribution in [0.1, 0.15) is 11.1 Å². The number of anilines is 1. The number of halogens is 1. The van der Waals surface area contributed by atoms with Gasteiger partial charge < -0.3 is 10.4 Å². The van der Waals surface area contributed by atoms with Gasteiger partial charge in [0.05, 0.1) is 18.5 Å². The summed E-state index contributed by atoms with van der Waals surface area (Å²) in [7, 11) is 0. The fraction of sp³-hybridized carbons (Fsp3) is 0.200. The van der Waals surface area contributed by atoms with Crippen LogP contribution in [0.3, 0.4) is 0 Å². The van der Waals surface area contributed by atoms with E-state index in [0.29, 0.717) is 16.7 Å². The Bertz CT molecular complexity index is 717. The van der Waals surface area contributed by atoms with Gasteiger partial charge in [-0.15, -0.1) is 6.42 Å². The number of terminal acetylenes is 1. The minimum Gasteiger partial charge on any atom is -0.392 e. The Balaban J connectivity index is 2.11. The zero-order valence-electron chi connectivity index (χ0n) is 11.2. The first-order valence-electron chi connectivity index (χ1n) is 6.27. The number of benzene rings is 1. The normalized spacial score (nSPS) is 10.1. The fourth-order valence-electron chi connectivity index (χ4n) is 1.75. The molecule has 0 radical (unpaired) electrons. The van der Waals surface area contributed by atoms with Crippen LogP contribution in [0.4, 0.5) is 5.69 Å². The Morgan fingerprint density at radius 3 is 2.62 bits per heavy atom. The molecule has 0 saturated carbocycles. The molecule has 0 spiro atoms. The molecule has 2 N–H and O–H groups in total. The van der Waals surface area contributed by atoms with Crippen molar-refractivity contribution in [1.29, 1.82) is 0 Å². The fourth-order valence-corrected chi connectivity index (χ4v) is 2.19. The maximum Gasteiger partial charge on any atom is 0.284 e. The minimum absolute atomic E-state index is 0.0244. The van der Waals surface area contributed by atoms with Gasteiger partial charge in [-0.3, -0.25) is 4.79 Å². The molecule has 0 aliphatic rings. The first kappa shape index (κ1) is 15.3. The molecule has 0 atom stereocenters. The summed E-state index contributed by atoms with van der Waals surface area (Å²) in [6, 6.07) is 7.54. The van der Waals surface area contributed by atoms with Gasteiger partial charge in [-0.25, -0.2) is 4.68 Å². The number of aliphatic hydroxyl groups is 1. The molecule has 108 valence electrons. The molecule has 0 aliphatic heterocycles. The highest BCUT2D eigenvalue weighted by atomic mass is 79.9. The molecule has 5 nitrogen and oxygen atoms in total. The zero-order valence-corrected chi connectivity index (χ0v) is 12.8. The highest BCUT2D eigenvalue weighted by Gasteiger charge is 2.07. The smallest absolute Gasteiger partial charge is 0.284 e. The highest BCUT2D eigenvalue weighted by molar-refractivity contribution is 9.10. The SMILES string of the molecule is C#CCn1ncc(NCc2ccc(CO)cc2)c(Br)c1=O. The molecule has 2 rings (SSSR count). The van der Waals surface area contributed by atoms with Crippen LogP contribution in [0.15, 0.2) is 39.7 Å². The number of nitrogens with one attached hydrogen (secondary N) is 1. The Kier molecular flexibility index (Phi) is 5.14. The summed E-state index contributed by atoms with van der Waals surface area (Å²) >= 11 is 3.26. The summed E-state index contributed by atoms with van der Waals surface area (Å²) in [5, 5.41) is 16.1. The lowest BCUT2D eigenvalue weighted by Gasteiger charge is -2.09. The van der Waals surface area contributed by atoms with Gasteiger partial charge in [0.15, 0.2) is 0 Å². The molecule has 6 heteroatoms. The van der Waals surface area contributed by atoms with Crippen molar-refractivity contribution in [1.82, 2.24) is 9.78 Å². The Labute approximate surface area is 130 Å². The van der Waals surface area contributed by atoms with E-state index < -0.39 is 0 Å². The van der Waals surface area contributed by atoms with E-state index >= 15 is 0 Å². The summed E-state index contributed by atoms with van der Waals surface area (Å²) < 4.78 is 1.62. The molecule has 0 bridgehead atoms. The van der Waals surface area contributed by atoms with Crippen LogP contribution in [0.5, 0.6) is 0 Å². The summed E-state index contributed by atoms with van der Waals surface area (Å²) in [6.45, 7) is 0.710. The standard InChI is InChI=1S/C15H14BrN3O2/c1-2-7-19-15(21)14(16)13(9-18-19)17-8-11-3-5-12(10-20)6-4-11/h1,3-6,9,17,20H,7-8,10H2. The first-order chi connectivity index (χ1) is 10.2. The van der Waals surface area contributed by atoms with Crippen molar-refractivity contribution in [2.24, 2.45) is 0 Å². The molecule has 21 heavy (non-hydrogen) atoms. The van der Waals surface area contributed by atoms with Crippen molar-refractivity contribution < 1.29 is 5.11 Å². The molecule has 1 aromatic heterocycles. The van der Waals surface area contributed by atoms with E-state index in [4.69, 9.17) is 11.5 Å². The molecular weight excluding hydrogens is 334 g/mol.